The Morgan fingerprint density at radius 2 is 2.36 bits per heavy atom. The number of hydrogen-bond acceptors (Lipinski definition) is 3. The summed E-state index contributed by atoms with van der Waals surface area (Å²) in [7, 11) is 2.09. The molecule has 1 aromatic rings. The van der Waals surface area contributed by atoms with Gasteiger partial charge in [-0.2, -0.15) is 0 Å². The van der Waals surface area contributed by atoms with Crippen molar-refractivity contribution in [2.75, 3.05) is 11.9 Å². The smallest absolute Gasteiger partial charge is 0.225 e. The molecule has 0 aromatic carbocycles. The van der Waals surface area contributed by atoms with E-state index in [1.165, 1.54) is 12.8 Å². The molecule has 0 atom stereocenters. The van der Waals surface area contributed by atoms with Crippen molar-refractivity contribution >= 4 is 18.2 Å². The van der Waals surface area contributed by atoms with Crippen LogP contribution in [0.5, 0.6) is 0 Å². The second-order valence-corrected chi connectivity index (χ2v) is 4.21. The summed E-state index contributed by atoms with van der Waals surface area (Å²) in [6, 6.07) is 0.677. The van der Waals surface area contributed by atoms with Gasteiger partial charge in [-0.15, -0.1) is 5.10 Å². The summed E-state index contributed by atoms with van der Waals surface area (Å²) in [6.07, 6.45) is 3.64. The summed E-state index contributed by atoms with van der Waals surface area (Å²) in [5.74, 6) is 0.986. The number of aromatic amines is 1. The maximum absolute atomic E-state index is 5.18. The van der Waals surface area contributed by atoms with Crippen LogP contribution in [0.2, 0.25) is 0 Å². The zero-order valence-electron chi connectivity index (χ0n) is 8.66. The molecule has 1 fully saturated rings. The van der Waals surface area contributed by atoms with Gasteiger partial charge in [0.1, 0.15) is 0 Å². The molecule has 1 aliphatic carbocycles. The summed E-state index contributed by atoms with van der Waals surface area (Å²) in [5, 5.41) is 7.13. The van der Waals surface area contributed by atoms with Gasteiger partial charge in [0.25, 0.3) is 0 Å². The molecule has 1 heterocycles. The van der Waals surface area contributed by atoms with Crippen molar-refractivity contribution in [1.29, 1.82) is 0 Å². The van der Waals surface area contributed by atoms with Crippen molar-refractivity contribution in [3.8, 4) is 0 Å². The first-order valence-electron chi connectivity index (χ1n) is 5.12. The van der Waals surface area contributed by atoms with Crippen LogP contribution in [0.25, 0.3) is 0 Å². The standard InChI is InChI=1S/C9H16N4S/c1-3-6-13-8(10-11-9(13)14)12(2)7-4-5-7/h7H,3-6H2,1-2H3,(H,11,14). The van der Waals surface area contributed by atoms with Crippen LogP contribution >= 0.6 is 12.2 Å². The Kier molecular flexibility index (Phi) is 2.58. The minimum atomic E-state index is 0.677. The summed E-state index contributed by atoms with van der Waals surface area (Å²) in [5.41, 5.74) is 0. The number of anilines is 1. The highest BCUT2D eigenvalue weighted by atomic mass is 32.1. The first-order chi connectivity index (χ1) is 6.74. The molecule has 0 saturated heterocycles. The molecule has 5 heteroatoms. The van der Waals surface area contributed by atoms with Gasteiger partial charge in [0, 0.05) is 19.6 Å². The lowest BCUT2D eigenvalue weighted by atomic mass is 10.5. The molecule has 1 N–H and O–H groups in total. The monoisotopic (exact) mass is 212 g/mol. The first-order valence-corrected chi connectivity index (χ1v) is 5.53. The molecule has 4 nitrogen and oxygen atoms in total. The number of H-pyrrole nitrogens is 1. The van der Waals surface area contributed by atoms with Crippen LogP contribution in [0.3, 0.4) is 0 Å². The van der Waals surface area contributed by atoms with E-state index in [2.05, 4.69) is 33.6 Å². The first kappa shape index (κ1) is 9.71. The van der Waals surface area contributed by atoms with Gasteiger partial charge in [-0.3, -0.25) is 4.57 Å². The van der Waals surface area contributed by atoms with E-state index in [1.54, 1.807) is 0 Å². The Morgan fingerprint density at radius 3 is 2.93 bits per heavy atom. The number of aromatic nitrogens is 3. The minimum absolute atomic E-state index is 0.677. The van der Waals surface area contributed by atoms with Crippen molar-refractivity contribution in [3.63, 3.8) is 0 Å². The normalized spacial score (nSPS) is 15.9. The zero-order chi connectivity index (χ0) is 10.1. The third-order valence-corrected chi connectivity index (χ3v) is 2.91. The van der Waals surface area contributed by atoms with E-state index in [9.17, 15) is 0 Å². The van der Waals surface area contributed by atoms with E-state index in [1.807, 2.05) is 0 Å². The van der Waals surface area contributed by atoms with Crippen LogP contribution in [-0.4, -0.2) is 27.9 Å². The lowest BCUT2D eigenvalue weighted by Crippen LogP contribution is -2.23. The van der Waals surface area contributed by atoms with E-state index in [-0.39, 0.29) is 0 Å². The van der Waals surface area contributed by atoms with Crippen molar-refractivity contribution < 1.29 is 0 Å². The third kappa shape index (κ3) is 1.68. The molecule has 0 amide bonds. The highest BCUT2D eigenvalue weighted by molar-refractivity contribution is 7.71. The number of nitrogens with zero attached hydrogens (tertiary/aromatic N) is 3. The quantitative estimate of drug-likeness (QED) is 0.775. The van der Waals surface area contributed by atoms with Crippen molar-refractivity contribution in [2.45, 2.75) is 38.8 Å². The van der Waals surface area contributed by atoms with Gasteiger partial charge >= 0.3 is 0 Å². The molecule has 0 aliphatic heterocycles. The Morgan fingerprint density at radius 1 is 1.64 bits per heavy atom. The Hall–Kier alpha value is -0.840. The third-order valence-electron chi connectivity index (χ3n) is 2.60. The van der Waals surface area contributed by atoms with Gasteiger partial charge in [-0.05, 0) is 31.5 Å². The molecular weight excluding hydrogens is 196 g/mol. The maximum atomic E-state index is 5.18. The number of rotatable bonds is 4. The predicted molar refractivity (Wildman–Crippen MR) is 59.1 cm³/mol. The van der Waals surface area contributed by atoms with Crippen LogP contribution in [0.4, 0.5) is 5.95 Å². The summed E-state index contributed by atoms with van der Waals surface area (Å²) >= 11 is 5.18. The van der Waals surface area contributed by atoms with E-state index in [4.69, 9.17) is 12.2 Å². The van der Waals surface area contributed by atoms with Crippen LogP contribution in [0.15, 0.2) is 0 Å². The van der Waals surface area contributed by atoms with Crippen molar-refractivity contribution in [1.82, 2.24) is 14.8 Å². The predicted octanol–water partition coefficient (Wildman–Crippen LogP) is 1.95. The molecule has 1 saturated carbocycles. The average molecular weight is 212 g/mol. The highest BCUT2D eigenvalue weighted by Crippen LogP contribution is 2.28. The van der Waals surface area contributed by atoms with Gasteiger partial charge in [0.05, 0.1) is 0 Å². The summed E-state index contributed by atoms with van der Waals surface area (Å²) < 4.78 is 2.81. The maximum Gasteiger partial charge on any atom is 0.225 e. The van der Waals surface area contributed by atoms with Crippen LogP contribution in [0.1, 0.15) is 26.2 Å². The van der Waals surface area contributed by atoms with Gasteiger partial charge in [-0.1, -0.05) is 6.92 Å². The molecule has 14 heavy (non-hydrogen) atoms. The highest BCUT2D eigenvalue weighted by Gasteiger charge is 2.29. The molecular formula is C9H16N4S. The molecule has 2 rings (SSSR count). The molecule has 0 unspecified atom stereocenters. The summed E-state index contributed by atoms with van der Waals surface area (Å²) in [6.45, 7) is 3.09. The largest absolute Gasteiger partial charge is 0.341 e. The molecule has 78 valence electrons. The minimum Gasteiger partial charge on any atom is -0.341 e. The van der Waals surface area contributed by atoms with E-state index >= 15 is 0 Å². The van der Waals surface area contributed by atoms with E-state index in [0.29, 0.717) is 6.04 Å². The number of hydrogen-bond donors (Lipinski definition) is 1. The van der Waals surface area contributed by atoms with Crippen LogP contribution < -0.4 is 4.90 Å². The topological polar surface area (TPSA) is 36.9 Å². The van der Waals surface area contributed by atoms with Gasteiger partial charge < -0.3 is 4.90 Å². The fourth-order valence-corrected chi connectivity index (χ4v) is 1.85. The van der Waals surface area contributed by atoms with E-state index < -0.39 is 0 Å². The van der Waals surface area contributed by atoms with Crippen LogP contribution in [-0.2, 0) is 6.54 Å². The molecule has 1 aromatic heterocycles. The molecule has 0 bridgehead atoms. The second kappa shape index (κ2) is 3.73. The Labute approximate surface area is 88.9 Å². The molecule has 0 radical (unpaired) electrons. The van der Waals surface area contributed by atoms with Crippen molar-refractivity contribution in [2.24, 2.45) is 0 Å². The second-order valence-electron chi connectivity index (χ2n) is 3.82. The van der Waals surface area contributed by atoms with Gasteiger partial charge in [-0.25, -0.2) is 5.10 Å². The molecule has 1 aliphatic rings. The van der Waals surface area contributed by atoms with E-state index in [0.717, 1.165) is 23.7 Å². The fourth-order valence-electron chi connectivity index (χ4n) is 1.63. The SMILES string of the molecule is CCCn1c(N(C)C2CC2)n[nH]c1=S. The lowest BCUT2D eigenvalue weighted by molar-refractivity contribution is 0.654. The zero-order valence-corrected chi connectivity index (χ0v) is 9.47. The molecule has 0 spiro atoms. The van der Waals surface area contributed by atoms with Gasteiger partial charge in [0.15, 0.2) is 4.77 Å². The Bertz CT molecular complexity index is 363. The van der Waals surface area contributed by atoms with Gasteiger partial charge in [0.2, 0.25) is 5.95 Å². The summed E-state index contributed by atoms with van der Waals surface area (Å²) in [4.78, 5) is 2.22. The fraction of sp³-hybridized carbons (Fsp3) is 0.778. The number of nitrogens with one attached hydrogen (secondary N) is 1. The van der Waals surface area contributed by atoms with Crippen molar-refractivity contribution in [3.05, 3.63) is 4.77 Å². The van der Waals surface area contributed by atoms with Crippen LogP contribution in [0, 0.1) is 4.77 Å². The Balaban J connectivity index is 2.26. The average Bonchev–Trinajstić information content (AvgIpc) is 2.94. The lowest BCUT2D eigenvalue weighted by Gasteiger charge is -2.17.